The lowest BCUT2D eigenvalue weighted by Gasteiger charge is -2.55. The highest BCUT2D eigenvalue weighted by Crippen LogP contribution is 2.60. The molecule has 0 aliphatic heterocycles. The SMILES string of the molecule is CCC1(C)CC2=CC(C)(C(C)C(CO[N+](=O)[O-])O[N+](=O)[O-])CC(CN)(C2)C1. The zero-order valence-corrected chi connectivity index (χ0v) is 16.6. The van der Waals surface area contributed by atoms with Crippen LogP contribution in [0, 0.1) is 42.4 Å². The van der Waals surface area contributed by atoms with Gasteiger partial charge in [0.25, 0.3) is 10.2 Å². The second-order valence-corrected chi connectivity index (χ2v) is 9.06. The van der Waals surface area contributed by atoms with Crippen LogP contribution in [0.25, 0.3) is 0 Å². The van der Waals surface area contributed by atoms with E-state index in [1.807, 2.05) is 13.8 Å². The number of allylic oxidation sites excluding steroid dienone is 2. The van der Waals surface area contributed by atoms with E-state index in [4.69, 9.17) is 10.6 Å². The number of fused-ring (bicyclic) bond motifs is 2. The van der Waals surface area contributed by atoms with E-state index in [1.54, 1.807) is 0 Å². The first-order valence-electron chi connectivity index (χ1n) is 9.46. The molecule has 9 nitrogen and oxygen atoms in total. The first-order valence-corrected chi connectivity index (χ1v) is 9.46. The number of hydrogen-bond acceptors (Lipinski definition) is 7. The molecule has 0 aromatic rings. The predicted octanol–water partition coefficient (Wildman–Crippen LogP) is 3.29. The summed E-state index contributed by atoms with van der Waals surface area (Å²) in [6.07, 6.45) is 5.97. The molecule has 2 aliphatic carbocycles. The first-order chi connectivity index (χ1) is 12.5. The normalized spacial score (nSPS) is 34.9. The summed E-state index contributed by atoms with van der Waals surface area (Å²) in [6, 6.07) is 0. The van der Waals surface area contributed by atoms with Crippen LogP contribution in [0.2, 0.25) is 0 Å². The van der Waals surface area contributed by atoms with Crippen LogP contribution in [-0.2, 0) is 9.68 Å². The number of rotatable bonds is 9. The quantitative estimate of drug-likeness (QED) is 0.366. The van der Waals surface area contributed by atoms with Crippen LogP contribution in [0.3, 0.4) is 0 Å². The molecular weight excluding hydrogens is 354 g/mol. The van der Waals surface area contributed by atoms with Gasteiger partial charge in [-0.25, -0.2) is 0 Å². The van der Waals surface area contributed by atoms with Crippen molar-refractivity contribution in [1.82, 2.24) is 0 Å². The minimum absolute atomic E-state index is 0.0563. The molecule has 154 valence electrons. The molecule has 0 saturated heterocycles. The summed E-state index contributed by atoms with van der Waals surface area (Å²) in [5.41, 5.74) is 7.28. The van der Waals surface area contributed by atoms with Gasteiger partial charge in [0.2, 0.25) is 0 Å². The van der Waals surface area contributed by atoms with Gasteiger partial charge in [0.1, 0.15) is 12.7 Å². The van der Waals surface area contributed by atoms with Crippen molar-refractivity contribution in [1.29, 1.82) is 0 Å². The molecule has 5 unspecified atom stereocenters. The molecule has 0 aromatic heterocycles. The van der Waals surface area contributed by atoms with Gasteiger partial charge in [0.15, 0.2) is 0 Å². The third-order valence-corrected chi connectivity index (χ3v) is 6.80. The molecule has 0 spiro atoms. The molecule has 9 heteroatoms. The number of hydrogen-bond donors (Lipinski definition) is 1. The summed E-state index contributed by atoms with van der Waals surface area (Å²) in [6.45, 7) is 8.44. The molecule has 2 bridgehead atoms. The van der Waals surface area contributed by atoms with E-state index >= 15 is 0 Å². The Balaban J connectivity index is 2.33. The fourth-order valence-corrected chi connectivity index (χ4v) is 5.37. The van der Waals surface area contributed by atoms with Crippen molar-refractivity contribution in [3.8, 4) is 0 Å². The standard InChI is InChI=1S/C18H31N3O6/c1-5-16(3)6-14-7-17(4,11-18(8-14,10-16)12-19)13(2)15(27-21(24)25)9-26-20(22)23/h7,13,15H,5-6,8-12,19H2,1-4H3. The third kappa shape index (κ3) is 4.69. The average molecular weight is 385 g/mol. The van der Waals surface area contributed by atoms with Gasteiger partial charge in [-0.2, -0.15) is 0 Å². The zero-order chi connectivity index (χ0) is 20.5. The van der Waals surface area contributed by atoms with Gasteiger partial charge in [0, 0.05) is 0 Å². The molecule has 1 saturated carbocycles. The predicted molar refractivity (Wildman–Crippen MR) is 98.5 cm³/mol. The Hall–Kier alpha value is -1.90. The fourth-order valence-electron chi connectivity index (χ4n) is 5.37. The van der Waals surface area contributed by atoms with E-state index in [1.165, 1.54) is 5.57 Å². The van der Waals surface area contributed by atoms with Crippen LogP contribution >= 0.6 is 0 Å². The van der Waals surface area contributed by atoms with Crippen LogP contribution in [0.4, 0.5) is 0 Å². The zero-order valence-electron chi connectivity index (χ0n) is 16.6. The lowest BCUT2D eigenvalue weighted by molar-refractivity contribution is -0.792. The van der Waals surface area contributed by atoms with Gasteiger partial charge in [0.05, 0.1) is 0 Å². The lowest BCUT2D eigenvalue weighted by Crippen LogP contribution is -2.50. The number of nitrogens with two attached hydrogens (primary N) is 1. The van der Waals surface area contributed by atoms with E-state index in [2.05, 4.69) is 24.8 Å². The molecule has 1 fully saturated rings. The van der Waals surface area contributed by atoms with Crippen molar-refractivity contribution in [2.24, 2.45) is 27.9 Å². The van der Waals surface area contributed by atoms with Gasteiger partial charge >= 0.3 is 0 Å². The summed E-state index contributed by atoms with van der Waals surface area (Å²) < 4.78 is 0. The molecule has 2 N–H and O–H groups in total. The van der Waals surface area contributed by atoms with Gasteiger partial charge < -0.3 is 15.4 Å². The molecular formula is C18H31N3O6. The van der Waals surface area contributed by atoms with E-state index in [-0.39, 0.29) is 16.7 Å². The van der Waals surface area contributed by atoms with Crippen LogP contribution < -0.4 is 5.73 Å². The highest BCUT2D eigenvalue weighted by Gasteiger charge is 2.51. The van der Waals surface area contributed by atoms with Crippen molar-refractivity contribution in [2.45, 2.75) is 65.9 Å². The summed E-state index contributed by atoms with van der Waals surface area (Å²) in [5, 5.41) is 19.6. The Morgan fingerprint density at radius 3 is 2.41 bits per heavy atom. The summed E-state index contributed by atoms with van der Waals surface area (Å²) in [5.74, 6) is -0.352. The van der Waals surface area contributed by atoms with Gasteiger partial charge in [-0.1, -0.05) is 45.8 Å². The maximum absolute atomic E-state index is 10.9. The molecule has 5 atom stereocenters. The van der Waals surface area contributed by atoms with Gasteiger partial charge in [-0.15, -0.1) is 20.2 Å². The maximum atomic E-state index is 10.9. The monoisotopic (exact) mass is 385 g/mol. The van der Waals surface area contributed by atoms with Crippen molar-refractivity contribution < 1.29 is 19.8 Å². The average Bonchev–Trinajstić information content (AvgIpc) is 2.56. The molecule has 0 aromatic carbocycles. The van der Waals surface area contributed by atoms with E-state index < -0.39 is 28.3 Å². The second-order valence-electron chi connectivity index (χ2n) is 9.06. The highest BCUT2D eigenvalue weighted by molar-refractivity contribution is 5.24. The minimum Gasteiger partial charge on any atom is -0.330 e. The lowest BCUT2D eigenvalue weighted by atomic mass is 9.50. The van der Waals surface area contributed by atoms with Crippen LogP contribution in [-0.4, -0.2) is 29.4 Å². The summed E-state index contributed by atoms with van der Waals surface area (Å²) >= 11 is 0. The first kappa shape index (κ1) is 21.4. The van der Waals surface area contributed by atoms with Crippen molar-refractivity contribution in [3.05, 3.63) is 31.9 Å². The van der Waals surface area contributed by atoms with Crippen LogP contribution in [0.15, 0.2) is 11.6 Å². The Bertz CT molecular complexity index is 626. The van der Waals surface area contributed by atoms with Crippen molar-refractivity contribution >= 4 is 0 Å². The Kier molecular flexibility index (Phi) is 6.03. The summed E-state index contributed by atoms with van der Waals surface area (Å²) in [4.78, 5) is 30.6. The van der Waals surface area contributed by atoms with Crippen molar-refractivity contribution in [3.63, 3.8) is 0 Å². The van der Waals surface area contributed by atoms with E-state index in [9.17, 15) is 20.2 Å². The molecule has 27 heavy (non-hydrogen) atoms. The topological polar surface area (TPSA) is 131 Å². The highest BCUT2D eigenvalue weighted by atomic mass is 17.0. The third-order valence-electron chi connectivity index (χ3n) is 6.80. The van der Waals surface area contributed by atoms with Crippen molar-refractivity contribution in [2.75, 3.05) is 13.2 Å². The molecule has 0 radical (unpaired) electrons. The second kappa shape index (κ2) is 7.61. The number of nitrogens with zero attached hydrogens (tertiary/aromatic N) is 2. The molecule has 2 aliphatic rings. The Labute approximate surface area is 159 Å². The van der Waals surface area contributed by atoms with E-state index in [0.29, 0.717) is 6.54 Å². The van der Waals surface area contributed by atoms with Crippen LogP contribution in [0.5, 0.6) is 0 Å². The smallest absolute Gasteiger partial charge is 0.294 e. The Morgan fingerprint density at radius 1 is 1.22 bits per heavy atom. The molecule has 0 heterocycles. The van der Waals surface area contributed by atoms with E-state index in [0.717, 1.165) is 32.1 Å². The van der Waals surface area contributed by atoms with Crippen LogP contribution in [0.1, 0.15) is 59.8 Å². The van der Waals surface area contributed by atoms with Gasteiger partial charge in [-0.3, -0.25) is 0 Å². The molecule has 0 amide bonds. The van der Waals surface area contributed by atoms with Gasteiger partial charge in [-0.05, 0) is 54.4 Å². The maximum Gasteiger partial charge on any atom is 0.294 e. The Morgan fingerprint density at radius 2 is 1.89 bits per heavy atom. The minimum atomic E-state index is -1.03. The largest absolute Gasteiger partial charge is 0.330 e. The summed E-state index contributed by atoms with van der Waals surface area (Å²) in [7, 11) is 0. The molecule has 2 rings (SSSR count). The fraction of sp³-hybridized carbons (Fsp3) is 0.889.